The summed E-state index contributed by atoms with van der Waals surface area (Å²) >= 11 is 2.93. The molecule has 0 fully saturated rings. The third kappa shape index (κ3) is 2.13. The maximum atomic E-state index is 13.0. The van der Waals surface area contributed by atoms with Gasteiger partial charge in [0.15, 0.2) is 0 Å². The minimum absolute atomic E-state index is 0.0771. The zero-order valence-electron chi connectivity index (χ0n) is 7.64. The second-order valence-electron chi connectivity index (χ2n) is 2.74. The maximum absolute atomic E-state index is 13.0. The van der Waals surface area contributed by atoms with Gasteiger partial charge in [-0.1, -0.05) is 0 Å². The van der Waals surface area contributed by atoms with Crippen LogP contribution in [0, 0.1) is 12.7 Å². The lowest BCUT2D eigenvalue weighted by molar-refractivity contribution is 0.585. The third-order valence-corrected chi connectivity index (χ3v) is 3.94. The van der Waals surface area contributed by atoms with Crippen molar-refractivity contribution in [2.75, 3.05) is 7.05 Å². The van der Waals surface area contributed by atoms with Gasteiger partial charge in [0.25, 0.3) is 0 Å². The average molecular weight is 282 g/mol. The summed E-state index contributed by atoms with van der Waals surface area (Å²) in [6, 6.07) is 2.42. The first-order valence-electron chi connectivity index (χ1n) is 3.77. The molecule has 0 aromatic heterocycles. The van der Waals surface area contributed by atoms with Crippen LogP contribution < -0.4 is 4.72 Å². The summed E-state index contributed by atoms with van der Waals surface area (Å²) in [6.07, 6.45) is 0. The van der Waals surface area contributed by atoms with Crippen molar-refractivity contribution < 1.29 is 12.8 Å². The summed E-state index contributed by atoms with van der Waals surface area (Å²) in [5.41, 5.74) is 0.375. The van der Waals surface area contributed by atoms with E-state index < -0.39 is 15.8 Å². The molecule has 1 aromatic rings. The van der Waals surface area contributed by atoms with Crippen LogP contribution in [0.1, 0.15) is 5.56 Å². The summed E-state index contributed by atoms with van der Waals surface area (Å²) in [4.78, 5) is 0.0771. The lowest BCUT2D eigenvalue weighted by Crippen LogP contribution is -2.19. The molecule has 0 aliphatic heterocycles. The molecule has 0 saturated carbocycles. The summed E-state index contributed by atoms with van der Waals surface area (Å²) in [5, 5.41) is 0. The second-order valence-corrected chi connectivity index (χ2v) is 5.45. The van der Waals surface area contributed by atoms with Crippen LogP contribution >= 0.6 is 15.9 Å². The van der Waals surface area contributed by atoms with Gasteiger partial charge in [0.05, 0.1) is 9.37 Å². The molecule has 0 saturated heterocycles. The van der Waals surface area contributed by atoms with Crippen molar-refractivity contribution in [1.82, 2.24) is 4.72 Å². The minimum atomic E-state index is -3.51. The molecule has 0 aliphatic carbocycles. The van der Waals surface area contributed by atoms with Crippen LogP contribution in [0.15, 0.2) is 21.5 Å². The Labute approximate surface area is 90.5 Å². The number of rotatable bonds is 2. The first kappa shape index (κ1) is 11.6. The molecule has 0 atom stereocenters. The van der Waals surface area contributed by atoms with Gasteiger partial charge in [-0.15, -0.1) is 0 Å². The van der Waals surface area contributed by atoms with Crippen molar-refractivity contribution in [2.24, 2.45) is 0 Å². The van der Waals surface area contributed by atoms with Crippen LogP contribution in [-0.4, -0.2) is 15.5 Å². The fraction of sp³-hybridized carbons (Fsp3) is 0.250. The Balaban J connectivity index is 3.45. The highest BCUT2D eigenvalue weighted by atomic mass is 79.9. The van der Waals surface area contributed by atoms with Crippen LogP contribution in [0.2, 0.25) is 0 Å². The van der Waals surface area contributed by atoms with E-state index in [1.54, 1.807) is 6.92 Å². The Morgan fingerprint density at radius 1 is 1.43 bits per heavy atom. The third-order valence-electron chi connectivity index (χ3n) is 1.78. The molecule has 0 radical (unpaired) electrons. The normalized spacial score (nSPS) is 11.7. The highest BCUT2D eigenvalue weighted by molar-refractivity contribution is 9.10. The van der Waals surface area contributed by atoms with Crippen LogP contribution in [0.25, 0.3) is 0 Å². The van der Waals surface area contributed by atoms with Crippen molar-refractivity contribution in [2.45, 2.75) is 11.8 Å². The molecule has 0 bridgehead atoms. The van der Waals surface area contributed by atoms with Crippen molar-refractivity contribution >= 4 is 26.0 Å². The van der Waals surface area contributed by atoms with E-state index in [-0.39, 0.29) is 9.37 Å². The SMILES string of the molecule is CNS(=O)(=O)c1cc(Br)c(F)cc1C. The van der Waals surface area contributed by atoms with Gasteiger partial charge < -0.3 is 0 Å². The number of benzene rings is 1. The van der Waals surface area contributed by atoms with Gasteiger partial charge in [-0.05, 0) is 47.6 Å². The lowest BCUT2D eigenvalue weighted by Gasteiger charge is -2.07. The minimum Gasteiger partial charge on any atom is -0.214 e. The van der Waals surface area contributed by atoms with Gasteiger partial charge in [-0.2, -0.15) is 0 Å². The van der Waals surface area contributed by atoms with E-state index in [9.17, 15) is 12.8 Å². The molecular weight excluding hydrogens is 273 g/mol. The van der Waals surface area contributed by atoms with E-state index >= 15 is 0 Å². The zero-order chi connectivity index (χ0) is 10.9. The largest absolute Gasteiger partial charge is 0.240 e. The summed E-state index contributed by atoms with van der Waals surface area (Å²) in [6.45, 7) is 1.54. The smallest absolute Gasteiger partial charge is 0.214 e. The number of halogens is 2. The van der Waals surface area contributed by atoms with Crippen molar-refractivity contribution in [3.63, 3.8) is 0 Å². The van der Waals surface area contributed by atoms with E-state index in [2.05, 4.69) is 20.7 Å². The van der Waals surface area contributed by atoms with Crippen molar-refractivity contribution in [3.8, 4) is 0 Å². The Kier molecular flexibility index (Phi) is 3.28. The number of hydrogen-bond acceptors (Lipinski definition) is 2. The van der Waals surface area contributed by atoms with E-state index in [0.29, 0.717) is 5.56 Å². The Hall–Kier alpha value is -0.460. The van der Waals surface area contributed by atoms with Gasteiger partial charge in [0.1, 0.15) is 5.82 Å². The lowest BCUT2D eigenvalue weighted by atomic mass is 10.2. The van der Waals surface area contributed by atoms with Crippen molar-refractivity contribution in [1.29, 1.82) is 0 Å². The molecule has 14 heavy (non-hydrogen) atoms. The maximum Gasteiger partial charge on any atom is 0.240 e. The Morgan fingerprint density at radius 3 is 2.50 bits per heavy atom. The van der Waals surface area contributed by atoms with Gasteiger partial charge in [-0.25, -0.2) is 17.5 Å². The standard InChI is InChI=1S/C8H9BrFNO2S/c1-5-3-7(10)6(9)4-8(5)14(12,13)11-2/h3-4,11H,1-2H3. The number of nitrogens with one attached hydrogen (secondary N) is 1. The molecule has 78 valence electrons. The molecule has 1 aromatic carbocycles. The molecule has 0 heterocycles. The molecule has 0 spiro atoms. The van der Waals surface area contributed by atoms with Gasteiger partial charge >= 0.3 is 0 Å². The first-order chi connectivity index (χ1) is 6.38. The average Bonchev–Trinajstić information content (AvgIpc) is 2.11. The highest BCUT2D eigenvalue weighted by Crippen LogP contribution is 2.23. The topological polar surface area (TPSA) is 46.2 Å². The first-order valence-corrected chi connectivity index (χ1v) is 6.05. The molecule has 3 nitrogen and oxygen atoms in total. The molecule has 1 rings (SSSR count). The molecule has 0 amide bonds. The summed E-state index contributed by atoms with van der Waals surface area (Å²) in [7, 11) is -2.20. The van der Waals surface area contributed by atoms with Gasteiger partial charge in [-0.3, -0.25) is 0 Å². The van der Waals surface area contributed by atoms with Gasteiger partial charge in [0.2, 0.25) is 10.0 Å². The zero-order valence-corrected chi connectivity index (χ0v) is 10.0. The molecule has 1 N–H and O–H groups in total. The molecule has 0 aliphatic rings. The van der Waals surface area contributed by atoms with Crippen molar-refractivity contribution in [3.05, 3.63) is 28.0 Å². The molecule has 0 unspecified atom stereocenters. The van der Waals surface area contributed by atoms with Crippen LogP contribution in [0.5, 0.6) is 0 Å². The van der Waals surface area contributed by atoms with E-state index in [0.717, 1.165) is 0 Å². The fourth-order valence-corrected chi connectivity index (χ4v) is 2.50. The highest BCUT2D eigenvalue weighted by Gasteiger charge is 2.16. The predicted octanol–water partition coefficient (Wildman–Crippen LogP) is 1.80. The summed E-state index contributed by atoms with van der Waals surface area (Å²) in [5.74, 6) is -0.474. The van der Waals surface area contributed by atoms with Crippen LogP contribution in [0.4, 0.5) is 4.39 Å². The number of hydrogen-bond donors (Lipinski definition) is 1. The van der Waals surface area contributed by atoms with E-state index in [1.165, 1.54) is 19.2 Å². The second kappa shape index (κ2) is 3.96. The number of sulfonamides is 1. The molecule has 6 heteroatoms. The van der Waals surface area contributed by atoms with Crippen LogP contribution in [-0.2, 0) is 10.0 Å². The fourth-order valence-electron chi connectivity index (χ4n) is 1.03. The monoisotopic (exact) mass is 281 g/mol. The Bertz CT molecular complexity index is 459. The van der Waals surface area contributed by atoms with Gasteiger partial charge in [0, 0.05) is 0 Å². The summed E-state index contributed by atoms with van der Waals surface area (Å²) < 4.78 is 38.2. The predicted molar refractivity (Wildman–Crippen MR) is 55.1 cm³/mol. The molecular formula is C8H9BrFNO2S. The van der Waals surface area contributed by atoms with Crippen LogP contribution in [0.3, 0.4) is 0 Å². The Morgan fingerprint density at radius 2 is 2.00 bits per heavy atom. The van der Waals surface area contributed by atoms with E-state index in [1.807, 2.05) is 0 Å². The quantitative estimate of drug-likeness (QED) is 0.899. The number of aryl methyl sites for hydroxylation is 1. The van der Waals surface area contributed by atoms with E-state index in [4.69, 9.17) is 0 Å².